The number of carbonyl (C=O) groups is 2. The van der Waals surface area contributed by atoms with E-state index in [0.717, 1.165) is 0 Å². The maximum atomic E-state index is 13.7. The first-order valence-corrected chi connectivity index (χ1v) is 9.72. The van der Waals surface area contributed by atoms with Gasteiger partial charge < -0.3 is 24.7 Å². The largest absolute Gasteiger partial charge is 0.508 e. The number of aromatic nitrogens is 4. The number of imidazole rings is 1. The van der Waals surface area contributed by atoms with E-state index in [0.29, 0.717) is 19.3 Å². The minimum atomic E-state index is -1.58. The van der Waals surface area contributed by atoms with E-state index < -0.39 is 42.7 Å². The Morgan fingerprint density at radius 3 is 2.90 bits per heavy atom. The van der Waals surface area contributed by atoms with E-state index in [4.69, 9.17) is 31.1 Å². The van der Waals surface area contributed by atoms with Crippen LogP contribution in [0, 0.1) is 18.4 Å². The van der Waals surface area contributed by atoms with Gasteiger partial charge in [-0.15, -0.1) is 6.42 Å². The molecule has 0 aliphatic carbocycles. The fraction of sp³-hybridized carbons (Fsp3) is 0.526. The van der Waals surface area contributed by atoms with E-state index in [1.165, 1.54) is 10.9 Å². The summed E-state index contributed by atoms with van der Waals surface area (Å²) >= 11 is 0. The molecule has 2 fully saturated rings. The molecule has 164 valence electrons. The van der Waals surface area contributed by atoms with Gasteiger partial charge in [0.1, 0.15) is 18.9 Å². The van der Waals surface area contributed by atoms with Gasteiger partial charge in [0.2, 0.25) is 5.60 Å². The standard InChI is InChI=1S/C19H20FN5O6/c1-2-19-9-29-18(27)28-7-5-3-4-6-13(26)30-11(19)8-12(31-19)25-10-22-14-15(21)23-17(20)24-16(14)25/h1,10-12H,3-9H2,(H2,21,23,24)/t11-,12-,19-/m1/s1. The number of fused-ring (bicyclic) bond motifs is 2. The van der Waals surface area contributed by atoms with Crippen molar-refractivity contribution in [1.29, 1.82) is 0 Å². The molecule has 4 heterocycles. The molecule has 2 aliphatic rings. The fourth-order valence-corrected chi connectivity index (χ4v) is 3.60. The normalized spacial score (nSPS) is 27.6. The Hall–Kier alpha value is -3.46. The number of carbonyl (C=O) groups excluding carboxylic acids is 2. The highest BCUT2D eigenvalue weighted by Crippen LogP contribution is 2.40. The molecular weight excluding hydrogens is 413 g/mol. The molecule has 4 rings (SSSR count). The van der Waals surface area contributed by atoms with Gasteiger partial charge in [-0.2, -0.15) is 14.4 Å². The van der Waals surface area contributed by atoms with Gasteiger partial charge in [-0.25, -0.2) is 9.78 Å². The molecule has 11 nitrogen and oxygen atoms in total. The lowest BCUT2D eigenvalue weighted by atomic mass is 9.98. The van der Waals surface area contributed by atoms with Crippen LogP contribution in [0.1, 0.15) is 38.3 Å². The molecule has 2 aromatic heterocycles. The van der Waals surface area contributed by atoms with Crippen LogP contribution in [-0.4, -0.2) is 56.6 Å². The number of ether oxygens (including phenoxy) is 4. The van der Waals surface area contributed by atoms with Crippen molar-refractivity contribution in [3.05, 3.63) is 12.4 Å². The number of terminal acetylenes is 1. The second kappa shape index (κ2) is 8.35. The smallest absolute Gasteiger partial charge is 0.458 e. The quantitative estimate of drug-likeness (QED) is 0.399. The molecule has 2 aliphatic heterocycles. The van der Waals surface area contributed by atoms with Crippen LogP contribution in [0.5, 0.6) is 0 Å². The van der Waals surface area contributed by atoms with E-state index in [1.807, 2.05) is 0 Å². The van der Waals surface area contributed by atoms with Crippen LogP contribution in [-0.2, 0) is 23.7 Å². The molecule has 0 bridgehead atoms. The Bertz CT molecular complexity index is 1050. The Balaban J connectivity index is 1.66. The van der Waals surface area contributed by atoms with Crippen LogP contribution in [0.4, 0.5) is 15.0 Å². The van der Waals surface area contributed by atoms with Crippen molar-refractivity contribution in [2.45, 2.75) is 50.0 Å². The van der Waals surface area contributed by atoms with Crippen molar-refractivity contribution in [3.8, 4) is 12.3 Å². The number of nitrogen functional groups attached to an aromatic ring is 1. The SMILES string of the molecule is C#C[C@@]12COC(=O)OCCCCCC(=O)O[C@@H]1C[C@H](n1cnc3c(N)nc(F)nc31)O2. The van der Waals surface area contributed by atoms with Crippen molar-refractivity contribution in [3.63, 3.8) is 0 Å². The van der Waals surface area contributed by atoms with Gasteiger partial charge in [-0.1, -0.05) is 5.92 Å². The van der Waals surface area contributed by atoms with Crippen LogP contribution >= 0.6 is 0 Å². The third-order valence-corrected chi connectivity index (χ3v) is 5.18. The van der Waals surface area contributed by atoms with Gasteiger partial charge in [-0.3, -0.25) is 9.36 Å². The van der Waals surface area contributed by atoms with Crippen LogP contribution < -0.4 is 5.73 Å². The first-order valence-electron chi connectivity index (χ1n) is 9.72. The van der Waals surface area contributed by atoms with E-state index in [1.54, 1.807) is 0 Å². The van der Waals surface area contributed by atoms with E-state index in [9.17, 15) is 14.0 Å². The molecule has 0 spiro atoms. The zero-order valence-corrected chi connectivity index (χ0v) is 16.5. The summed E-state index contributed by atoms with van der Waals surface area (Å²) < 4.78 is 36.9. The maximum Gasteiger partial charge on any atom is 0.508 e. The number of rotatable bonds is 1. The summed E-state index contributed by atoms with van der Waals surface area (Å²) in [5.41, 5.74) is 4.39. The number of esters is 1. The lowest BCUT2D eigenvalue weighted by Crippen LogP contribution is -2.45. The zero-order valence-electron chi connectivity index (χ0n) is 16.5. The molecule has 2 aromatic rings. The first-order chi connectivity index (χ1) is 14.9. The molecule has 3 atom stereocenters. The van der Waals surface area contributed by atoms with Gasteiger partial charge in [0.15, 0.2) is 17.0 Å². The summed E-state index contributed by atoms with van der Waals surface area (Å²) in [6.07, 6.45) is 5.47. The Kier molecular flexibility index (Phi) is 5.60. The molecule has 12 heteroatoms. The Labute approximate surface area is 176 Å². The second-order valence-corrected chi connectivity index (χ2v) is 7.22. The zero-order chi connectivity index (χ0) is 22.0. The monoisotopic (exact) mass is 433 g/mol. The van der Waals surface area contributed by atoms with Crippen LogP contribution in [0.25, 0.3) is 11.2 Å². The molecule has 0 saturated carbocycles. The summed E-state index contributed by atoms with van der Waals surface area (Å²) in [4.78, 5) is 35.5. The molecule has 0 amide bonds. The summed E-state index contributed by atoms with van der Waals surface area (Å²) in [5, 5.41) is 0. The number of halogens is 1. The molecule has 0 radical (unpaired) electrons. The van der Waals surface area contributed by atoms with Gasteiger partial charge in [0.05, 0.1) is 12.9 Å². The van der Waals surface area contributed by atoms with Crippen molar-refractivity contribution >= 4 is 29.1 Å². The molecule has 0 unspecified atom stereocenters. The van der Waals surface area contributed by atoms with Gasteiger partial charge in [0, 0.05) is 12.8 Å². The molecule has 31 heavy (non-hydrogen) atoms. The predicted molar refractivity (Wildman–Crippen MR) is 102 cm³/mol. The van der Waals surface area contributed by atoms with E-state index in [-0.39, 0.29) is 36.4 Å². The summed E-state index contributed by atoms with van der Waals surface area (Å²) in [7, 11) is 0. The number of nitrogens with two attached hydrogens (primary N) is 1. The van der Waals surface area contributed by atoms with Crippen molar-refractivity contribution < 1.29 is 32.9 Å². The minimum Gasteiger partial charge on any atom is -0.458 e. The third kappa shape index (κ3) is 4.09. The van der Waals surface area contributed by atoms with E-state index >= 15 is 0 Å². The predicted octanol–water partition coefficient (Wildman–Crippen LogP) is 1.48. The highest BCUT2D eigenvalue weighted by molar-refractivity contribution is 5.81. The van der Waals surface area contributed by atoms with Crippen molar-refractivity contribution in [2.24, 2.45) is 0 Å². The molecular formula is C19H20FN5O6. The average Bonchev–Trinajstić information content (AvgIpc) is 3.30. The summed E-state index contributed by atoms with van der Waals surface area (Å²) in [6, 6.07) is 0. The summed E-state index contributed by atoms with van der Waals surface area (Å²) in [5.74, 6) is 1.87. The highest BCUT2D eigenvalue weighted by Gasteiger charge is 2.52. The number of nitrogens with zero attached hydrogens (tertiary/aromatic N) is 4. The van der Waals surface area contributed by atoms with Gasteiger partial charge in [0.25, 0.3) is 0 Å². The molecule has 2 saturated heterocycles. The van der Waals surface area contributed by atoms with Crippen LogP contribution in [0.15, 0.2) is 6.33 Å². The summed E-state index contributed by atoms with van der Waals surface area (Å²) in [6.45, 7) is -0.244. The van der Waals surface area contributed by atoms with Crippen LogP contribution in [0.3, 0.4) is 0 Å². The first kappa shape index (κ1) is 20.8. The maximum absolute atomic E-state index is 13.7. The average molecular weight is 433 g/mol. The number of hydrogen-bond donors (Lipinski definition) is 1. The lowest BCUT2D eigenvalue weighted by Gasteiger charge is -2.28. The van der Waals surface area contributed by atoms with Crippen molar-refractivity contribution in [1.82, 2.24) is 19.5 Å². The minimum absolute atomic E-state index is 0.0858. The van der Waals surface area contributed by atoms with Gasteiger partial charge in [-0.05, 0) is 19.3 Å². The van der Waals surface area contributed by atoms with Gasteiger partial charge >= 0.3 is 18.2 Å². The second-order valence-electron chi connectivity index (χ2n) is 7.22. The lowest BCUT2D eigenvalue weighted by molar-refractivity contribution is -0.159. The number of cyclic esters (lactones) is 2. The fourth-order valence-electron chi connectivity index (χ4n) is 3.60. The Morgan fingerprint density at radius 2 is 2.10 bits per heavy atom. The number of anilines is 1. The topological polar surface area (TPSA) is 141 Å². The number of hydrogen-bond acceptors (Lipinski definition) is 10. The van der Waals surface area contributed by atoms with E-state index in [2.05, 4.69) is 20.9 Å². The van der Waals surface area contributed by atoms with Crippen LogP contribution in [0.2, 0.25) is 0 Å². The molecule has 0 aromatic carbocycles. The van der Waals surface area contributed by atoms with Crippen molar-refractivity contribution in [2.75, 3.05) is 18.9 Å². The third-order valence-electron chi connectivity index (χ3n) is 5.18. The molecule has 2 N–H and O–H groups in total. The Morgan fingerprint density at radius 1 is 1.26 bits per heavy atom. The highest BCUT2D eigenvalue weighted by atomic mass is 19.1.